The van der Waals surface area contributed by atoms with Crippen molar-refractivity contribution in [2.24, 2.45) is 5.73 Å². The molecule has 3 rings (SSSR count). The fourth-order valence-electron chi connectivity index (χ4n) is 2.44. The molecular formula is C15H15BN4O2. The molecule has 0 radical (unpaired) electrons. The molecule has 0 spiro atoms. The van der Waals surface area contributed by atoms with Gasteiger partial charge in [0.05, 0.1) is 23.1 Å². The van der Waals surface area contributed by atoms with Gasteiger partial charge < -0.3 is 21.1 Å². The van der Waals surface area contributed by atoms with Gasteiger partial charge in [0.1, 0.15) is 5.52 Å². The molecular weight excluding hydrogens is 279 g/mol. The second-order valence-corrected chi connectivity index (χ2v) is 5.11. The molecule has 1 heterocycles. The quantitative estimate of drug-likeness (QED) is 0.455. The Morgan fingerprint density at radius 3 is 2.59 bits per heavy atom. The molecule has 5 N–H and O–H groups in total. The molecule has 2 aromatic carbocycles. The minimum atomic E-state index is -0.562. The average Bonchev–Trinajstić information content (AvgIpc) is 2.92. The molecule has 0 saturated carbocycles. The van der Waals surface area contributed by atoms with Crippen LogP contribution in [-0.2, 0) is 6.54 Å². The maximum absolute atomic E-state index is 11.3. The highest BCUT2D eigenvalue weighted by atomic mass is 16.2. The van der Waals surface area contributed by atoms with Crippen molar-refractivity contribution >= 4 is 35.6 Å². The van der Waals surface area contributed by atoms with Crippen molar-refractivity contribution in [3.63, 3.8) is 0 Å². The first-order valence-electron chi connectivity index (χ1n) is 6.82. The Kier molecular flexibility index (Phi) is 3.56. The number of benzene rings is 2. The Bertz CT molecular complexity index is 843. The largest absolute Gasteiger partial charge is 0.449 e. The number of hydrogen-bond acceptors (Lipinski definition) is 4. The molecule has 0 unspecified atom stereocenters. The number of aromatic nitrogens is 2. The molecule has 7 heteroatoms. The molecule has 3 aromatic rings. The van der Waals surface area contributed by atoms with Crippen molar-refractivity contribution in [3.05, 3.63) is 53.9 Å². The lowest BCUT2D eigenvalue weighted by molar-refractivity contribution is 0.100. The molecule has 22 heavy (non-hydrogen) atoms. The molecule has 0 fully saturated rings. The predicted molar refractivity (Wildman–Crippen MR) is 87.2 cm³/mol. The first-order valence-corrected chi connectivity index (χ1v) is 6.82. The van der Waals surface area contributed by atoms with E-state index in [0.29, 0.717) is 17.7 Å². The van der Waals surface area contributed by atoms with Gasteiger partial charge in [-0.15, -0.1) is 0 Å². The van der Waals surface area contributed by atoms with Crippen molar-refractivity contribution in [3.8, 4) is 0 Å². The first kappa shape index (κ1) is 14.2. The summed E-state index contributed by atoms with van der Waals surface area (Å²) >= 11 is 0. The topological polar surface area (TPSA) is 107 Å². The van der Waals surface area contributed by atoms with Crippen LogP contribution in [0.1, 0.15) is 15.9 Å². The van der Waals surface area contributed by atoms with Gasteiger partial charge in [-0.2, -0.15) is 0 Å². The lowest BCUT2D eigenvalue weighted by atomic mass is 9.88. The van der Waals surface area contributed by atoms with Crippen molar-refractivity contribution < 1.29 is 9.82 Å². The van der Waals surface area contributed by atoms with E-state index in [0.717, 1.165) is 16.5 Å². The molecule has 0 atom stereocenters. The van der Waals surface area contributed by atoms with Crippen LogP contribution in [0.5, 0.6) is 0 Å². The van der Waals surface area contributed by atoms with Crippen molar-refractivity contribution in [1.82, 2.24) is 9.55 Å². The summed E-state index contributed by atoms with van der Waals surface area (Å²) in [7, 11) is 0.0285. The zero-order valence-electron chi connectivity index (χ0n) is 11.9. The smallest absolute Gasteiger partial charge is 0.304 e. The third-order valence-electron chi connectivity index (χ3n) is 3.66. The number of anilines is 1. The van der Waals surface area contributed by atoms with E-state index in [1.165, 1.54) is 0 Å². The summed E-state index contributed by atoms with van der Waals surface area (Å²) in [4.78, 5) is 15.6. The van der Waals surface area contributed by atoms with Crippen LogP contribution in [0, 0.1) is 0 Å². The molecule has 1 aromatic heterocycles. The van der Waals surface area contributed by atoms with Gasteiger partial charge in [0.15, 0.2) is 0 Å². The monoisotopic (exact) mass is 294 g/mol. The van der Waals surface area contributed by atoms with E-state index < -0.39 is 5.91 Å². The maximum Gasteiger partial charge on any atom is 0.304 e. The van der Waals surface area contributed by atoms with Gasteiger partial charge in [0, 0.05) is 6.54 Å². The van der Waals surface area contributed by atoms with Gasteiger partial charge in [-0.05, 0) is 17.7 Å². The summed E-state index contributed by atoms with van der Waals surface area (Å²) in [5.41, 5.74) is 15.2. The SMILES string of the molecule is NC(=O)c1ccc2c(ncn2Cc2ccc(BO)cc2)c1N. The molecule has 0 saturated heterocycles. The molecule has 0 aliphatic carbocycles. The molecule has 1 amide bonds. The maximum atomic E-state index is 11.3. The number of amides is 1. The number of fused-ring (bicyclic) bond motifs is 1. The Hall–Kier alpha value is -2.80. The molecule has 0 aliphatic rings. The van der Waals surface area contributed by atoms with E-state index in [4.69, 9.17) is 16.5 Å². The molecule has 0 aliphatic heterocycles. The van der Waals surface area contributed by atoms with Gasteiger partial charge in [-0.25, -0.2) is 4.98 Å². The average molecular weight is 294 g/mol. The first-order chi connectivity index (χ1) is 10.6. The van der Waals surface area contributed by atoms with Crippen LogP contribution in [0.3, 0.4) is 0 Å². The zero-order valence-corrected chi connectivity index (χ0v) is 11.9. The second-order valence-electron chi connectivity index (χ2n) is 5.11. The lowest BCUT2D eigenvalue weighted by Gasteiger charge is -2.07. The van der Waals surface area contributed by atoms with Crippen LogP contribution in [0.4, 0.5) is 5.69 Å². The van der Waals surface area contributed by atoms with Gasteiger partial charge in [-0.3, -0.25) is 4.79 Å². The number of primary amides is 1. The van der Waals surface area contributed by atoms with Crippen LogP contribution in [0.25, 0.3) is 11.0 Å². The number of rotatable bonds is 4. The Balaban J connectivity index is 1.97. The second kappa shape index (κ2) is 5.53. The molecule has 0 bridgehead atoms. The van der Waals surface area contributed by atoms with Gasteiger partial charge in [0.2, 0.25) is 0 Å². The van der Waals surface area contributed by atoms with E-state index in [1.54, 1.807) is 18.5 Å². The van der Waals surface area contributed by atoms with Crippen LogP contribution in [0.2, 0.25) is 0 Å². The number of nitrogens with two attached hydrogens (primary N) is 2. The van der Waals surface area contributed by atoms with Crippen molar-refractivity contribution in [2.75, 3.05) is 5.73 Å². The van der Waals surface area contributed by atoms with E-state index in [9.17, 15) is 4.79 Å². The fourth-order valence-corrected chi connectivity index (χ4v) is 2.44. The summed E-state index contributed by atoms with van der Waals surface area (Å²) in [6, 6.07) is 11.1. The van der Waals surface area contributed by atoms with Crippen LogP contribution in [0.15, 0.2) is 42.7 Å². The summed E-state index contributed by atoms with van der Waals surface area (Å²) in [5.74, 6) is -0.562. The summed E-state index contributed by atoms with van der Waals surface area (Å²) < 4.78 is 1.95. The number of hydrogen-bond donors (Lipinski definition) is 3. The Morgan fingerprint density at radius 1 is 1.23 bits per heavy atom. The summed E-state index contributed by atoms with van der Waals surface area (Å²) in [6.07, 6.45) is 1.69. The highest BCUT2D eigenvalue weighted by Gasteiger charge is 2.13. The summed E-state index contributed by atoms with van der Waals surface area (Å²) in [5, 5.41) is 9.06. The van der Waals surface area contributed by atoms with E-state index in [-0.39, 0.29) is 13.0 Å². The molecule has 110 valence electrons. The van der Waals surface area contributed by atoms with E-state index in [2.05, 4.69) is 4.98 Å². The minimum absolute atomic E-state index is 0.0285. The molecule has 6 nitrogen and oxygen atoms in total. The number of nitrogen functional groups attached to an aromatic ring is 1. The van der Waals surface area contributed by atoms with Gasteiger partial charge in [0.25, 0.3) is 5.91 Å². The Morgan fingerprint density at radius 2 is 1.95 bits per heavy atom. The standard InChI is InChI=1S/C15H15BN4O2/c17-13-11(15(18)21)5-6-12-14(13)19-8-20(12)7-9-1-3-10(16-22)4-2-9/h1-6,8,16,22H,7,17H2,(H2,18,21). The number of carbonyl (C=O) groups is 1. The third-order valence-corrected chi connectivity index (χ3v) is 3.66. The predicted octanol–water partition coefficient (Wildman–Crippen LogP) is -0.265. The number of imidazole rings is 1. The Labute approximate surface area is 127 Å². The normalized spacial score (nSPS) is 10.8. The summed E-state index contributed by atoms with van der Waals surface area (Å²) in [6.45, 7) is 0.623. The highest BCUT2D eigenvalue weighted by Crippen LogP contribution is 2.24. The van der Waals surface area contributed by atoms with E-state index in [1.807, 2.05) is 28.8 Å². The number of nitrogens with zero attached hydrogens (tertiary/aromatic N) is 2. The third kappa shape index (κ3) is 2.42. The van der Waals surface area contributed by atoms with E-state index >= 15 is 0 Å². The number of carbonyl (C=O) groups excluding carboxylic acids is 1. The van der Waals surface area contributed by atoms with Crippen LogP contribution in [-0.4, -0.2) is 28.0 Å². The zero-order chi connectivity index (χ0) is 15.7. The van der Waals surface area contributed by atoms with Crippen molar-refractivity contribution in [1.29, 1.82) is 0 Å². The van der Waals surface area contributed by atoms with Gasteiger partial charge >= 0.3 is 7.48 Å². The van der Waals surface area contributed by atoms with Gasteiger partial charge in [-0.1, -0.05) is 29.7 Å². The highest BCUT2D eigenvalue weighted by molar-refractivity contribution is 6.45. The fraction of sp³-hybridized carbons (Fsp3) is 0.0667. The van der Waals surface area contributed by atoms with Crippen LogP contribution < -0.4 is 16.9 Å². The lowest BCUT2D eigenvalue weighted by Crippen LogP contribution is -2.14. The van der Waals surface area contributed by atoms with Crippen LogP contribution >= 0.6 is 0 Å². The van der Waals surface area contributed by atoms with Crippen molar-refractivity contribution in [2.45, 2.75) is 6.54 Å². The minimum Gasteiger partial charge on any atom is -0.449 e.